The van der Waals surface area contributed by atoms with Crippen LogP contribution in [0.15, 0.2) is 6.20 Å². The highest BCUT2D eigenvalue weighted by atomic mass is 16.2. The molecule has 1 atom stereocenters. The van der Waals surface area contributed by atoms with Gasteiger partial charge in [0.25, 0.3) is 5.91 Å². The van der Waals surface area contributed by atoms with Crippen LogP contribution >= 0.6 is 0 Å². The van der Waals surface area contributed by atoms with E-state index in [-0.39, 0.29) is 17.5 Å². The van der Waals surface area contributed by atoms with E-state index in [1.807, 2.05) is 0 Å². The third-order valence-corrected chi connectivity index (χ3v) is 2.82. The van der Waals surface area contributed by atoms with Gasteiger partial charge in [-0.3, -0.25) is 14.3 Å². The van der Waals surface area contributed by atoms with Crippen molar-refractivity contribution < 1.29 is 9.59 Å². The van der Waals surface area contributed by atoms with E-state index in [0.29, 0.717) is 18.8 Å². The first-order valence-electron chi connectivity index (χ1n) is 5.38. The van der Waals surface area contributed by atoms with Crippen molar-refractivity contribution in [2.75, 3.05) is 18.8 Å². The van der Waals surface area contributed by atoms with Gasteiger partial charge in [-0.1, -0.05) is 0 Å². The molecule has 1 aromatic heterocycles. The van der Waals surface area contributed by atoms with Crippen LogP contribution in [0.4, 0.5) is 5.69 Å². The Bertz CT molecular complexity index is 467. The molecule has 0 saturated carbocycles. The maximum Gasteiger partial charge on any atom is 0.277 e. The van der Waals surface area contributed by atoms with Crippen molar-refractivity contribution in [1.82, 2.24) is 20.0 Å². The van der Waals surface area contributed by atoms with Crippen LogP contribution in [0.5, 0.6) is 0 Å². The molecule has 0 aromatic carbocycles. The van der Waals surface area contributed by atoms with E-state index >= 15 is 0 Å². The number of aryl methyl sites for hydroxylation is 1. The molecule has 2 heterocycles. The van der Waals surface area contributed by atoms with E-state index in [2.05, 4.69) is 10.4 Å². The van der Waals surface area contributed by atoms with Gasteiger partial charge in [-0.05, 0) is 6.92 Å². The molecule has 0 aliphatic carbocycles. The number of rotatable bonds is 1. The molecule has 1 aliphatic rings. The number of nitrogen functional groups attached to an aromatic ring is 1. The van der Waals surface area contributed by atoms with E-state index < -0.39 is 6.04 Å². The number of aromatic nitrogens is 2. The maximum absolute atomic E-state index is 12.2. The number of piperazine rings is 1. The molecule has 1 aliphatic heterocycles. The van der Waals surface area contributed by atoms with Gasteiger partial charge < -0.3 is 16.0 Å². The third-order valence-electron chi connectivity index (χ3n) is 2.82. The largest absolute Gasteiger partial charge is 0.396 e. The second-order valence-corrected chi connectivity index (χ2v) is 4.07. The number of nitrogens with two attached hydrogens (primary N) is 1. The molecule has 7 heteroatoms. The van der Waals surface area contributed by atoms with E-state index in [9.17, 15) is 9.59 Å². The van der Waals surface area contributed by atoms with Gasteiger partial charge in [-0.15, -0.1) is 0 Å². The fraction of sp³-hybridized carbons (Fsp3) is 0.500. The van der Waals surface area contributed by atoms with Crippen molar-refractivity contribution in [3.63, 3.8) is 0 Å². The average molecular weight is 237 g/mol. The van der Waals surface area contributed by atoms with E-state index in [1.54, 1.807) is 20.2 Å². The Labute approximate surface area is 98.6 Å². The summed E-state index contributed by atoms with van der Waals surface area (Å²) in [5, 5.41) is 6.71. The van der Waals surface area contributed by atoms with Crippen LogP contribution in [-0.2, 0) is 11.8 Å². The molecular formula is C10H15N5O2. The molecule has 3 N–H and O–H groups in total. The Morgan fingerprint density at radius 3 is 2.94 bits per heavy atom. The number of carbonyl (C=O) groups is 2. The minimum atomic E-state index is -0.488. The van der Waals surface area contributed by atoms with Gasteiger partial charge >= 0.3 is 0 Å². The molecule has 17 heavy (non-hydrogen) atoms. The lowest BCUT2D eigenvalue weighted by Gasteiger charge is -2.32. The van der Waals surface area contributed by atoms with Crippen LogP contribution in [0.3, 0.4) is 0 Å². The number of hydrogen-bond donors (Lipinski definition) is 2. The van der Waals surface area contributed by atoms with Gasteiger partial charge in [0.15, 0.2) is 5.69 Å². The molecule has 1 fully saturated rings. The summed E-state index contributed by atoms with van der Waals surface area (Å²) in [6.07, 6.45) is 1.57. The summed E-state index contributed by atoms with van der Waals surface area (Å²) in [5.41, 5.74) is 6.23. The number of nitrogens with zero attached hydrogens (tertiary/aromatic N) is 3. The van der Waals surface area contributed by atoms with Crippen LogP contribution in [0.2, 0.25) is 0 Å². The van der Waals surface area contributed by atoms with Crippen LogP contribution in [-0.4, -0.2) is 45.6 Å². The zero-order valence-corrected chi connectivity index (χ0v) is 9.80. The summed E-state index contributed by atoms with van der Waals surface area (Å²) in [5.74, 6) is -0.454. The van der Waals surface area contributed by atoms with Gasteiger partial charge in [0, 0.05) is 26.3 Å². The first-order valence-corrected chi connectivity index (χ1v) is 5.38. The monoisotopic (exact) mass is 237 g/mol. The van der Waals surface area contributed by atoms with Crippen molar-refractivity contribution in [3.8, 4) is 0 Å². The van der Waals surface area contributed by atoms with E-state index in [4.69, 9.17) is 5.73 Å². The van der Waals surface area contributed by atoms with Crippen LogP contribution in [0, 0.1) is 0 Å². The Morgan fingerprint density at radius 2 is 2.35 bits per heavy atom. The SMILES string of the molecule is CC1C(=O)NCCN1C(=O)c1nn(C)cc1N. The van der Waals surface area contributed by atoms with E-state index in [1.165, 1.54) is 9.58 Å². The van der Waals surface area contributed by atoms with Crippen molar-refractivity contribution in [2.45, 2.75) is 13.0 Å². The van der Waals surface area contributed by atoms with Gasteiger partial charge in [-0.2, -0.15) is 5.10 Å². The minimum Gasteiger partial charge on any atom is -0.396 e. The molecule has 0 radical (unpaired) electrons. The lowest BCUT2D eigenvalue weighted by molar-refractivity contribution is -0.127. The van der Waals surface area contributed by atoms with Gasteiger partial charge in [0.05, 0.1) is 5.69 Å². The lowest BCUT2D eigenvalue weighted by atomic mass is 10.2. The summed E-state index contributed by atoms with van der Waals surface area (Å²) in [6.45, 7) is 2.62. The van der Waals surface area contributed by atoms with Gasteiger partial charge in [-0.25, -0.2) is 0 Å². The summed E-state index contributed by atoms with van der Waals surface area (Å²) < 4.78 is 1.48. The number of amides is 2. The zero-order valence-electron chi connectivity index (χ0n) is 9.80. The quantitative estimate of drug-likeness (QED) is 0.652. The normalized spacial score (nSPS) is 20.2. The highest BCUT2D eigenvalue weighted by Gasteiger charge is 2.31. The molecule has 1 saturated heterocycles. The summed E-state index contributed by atoms with van der Waals surface area (Å²) >= 11 is 0. The Hall–Kier alpha value is -2.05. The number of hydrogen-bond acceptors (Lipinski definition) is 4. The maximum atomic E-state index is 12.2. The van der Waals surface area contributed by atoms with Crippen LogP contribution in [0.1, 0.15) is 17.4 Å². The predicted octanol–water partition coefficient (Wildman–Crippen LogP) is -1.04. The highest BCUT2D eigenvalue weighted by Crippen LogP contribution is 2.14. The standard InChI is InChI=1S/C10H15N5O2/c1-6-9(16)12-3-4-15(6)10(17)8-7(11)5-14(2)13-8/h5-6H,3-4,11H2,1-2H3,(H,12,16). The van der Waals surface area contributed by atoms with Gasteiger partial charge in [0.2, 0.25) is 5.91 Å². The van der Waals surface area contributed by atoms with E-state index in [0.717, 1.165) is 0 Å². The highest BCUT2D eigenvalue weighted by molar-refractivity contribution is 6.00. The van der Waals surface area contributed by atoms with Crippen LogP contribution < -0.4 is 11.1 Å². The molecule has 2 rings (SSSR count). The fourth-order valence-corrected chi connectivity index (χ4v) is 1.87. The zero-order chi connectivity index (χ0) is 12.6. The average Bonchev–Trinajstić information content (AvgIpc) is 2.61. The smallest absolute Gasteiger partial charge is 0.277 e. The van der Waals surface area contributed by atoms with Crippen molar-refractivity contribution in [1.29, 1.82) is 0 Å². The number of carbonyl (C=O) groups excluding carboxylic acids is 2. The Morgan fingerprint density at radius 1 is 1.65 bits per heavy atom. The summed E-state index contributed by atoms with van der Waals surface area (Å²) in [7, 11) is 1.69. The fourth-order valence-electron chi connectivity index (χ4n) is 1.87. The Balaban J connectivity index is 2.25. The second kappa shape index (κ2) is 4.08. The molecule has 1 unspecified atom stereocenters. The van der Waals surface area contributed by atoms with Crippen molar-refractivity contribution in [2.24, 2.45) is 7.05 Å². The molecule has 7 nitrogen and oxygen atoms in total. The summed E-state index contributed by atoms with van der Waals surface area (Å²) in [4.78, 5) is 25.1. The second-order valence-electron chi connectivity index (χ2n) is 4.07. The third kappa shape index (κ3) is 1.95. The topological polar surface area (TPSA) is 93.2 Å². The number of nitrogens with one attached hydrogen (secondary N) is 1. The minimum absolute atomic E-state index is 0.154. The molecule has 1 aromatic rings. The first kappa shape index (κ1) is 11.4. The molecule has 2 amide bonds. The molecule has 92 valence electrons. The van der Waals surface area contributed by atoms with Crippen molar-refractivity contribution >= 4 is 17.5 Å². The first-order chi connectivity index (χ1) is 8.00. The lowest BCUT2D eigenvalue weighted by Crippen LogP contribution is -2.56. The van der Waals surface area contributed by atoms with Gasteiger partial charge in [0.1, 0.15) is 6.04 Å². The summed E-state index contributed by atoms with van der Waals surface area (Å²) in [6, 6.07) is -0.488. The van der Waals surface area contributed by atoms with Crippen molar-refractivity contribution in [3.05, 3.63) is 11.9 Å². The Kier molecular flexibility index (Phi) is 2.74. The number of anilines is 1. The predicted molar refractivity (Wildman–Crippen MR) is 61.1 cm³/mol. The molecular weight excluding hydrogens is 222 g/mol. The molecule has 0 spiro atoms. The van der Waals surface area contributed by atoms with Crippen LogP contribution in [0.25, 0.3) is 0 Å². The molecule has 0 bridgehead atoms.